The van der Waals surface area contributed by atoms with Crippen molar-refractivity contribution in [1.29, 1.82) is 0 Å². The highest BCUT2D eigenvalue weighted by Gasteiger charge is 2.11. The first-order valence-corrected chi connectivity index (χ1v) is 6.38. The van der Waals surface area contributed by atoms with Crippen LogP contribution in [0.4, 0.5) is 0 Å². The van der Waals surface area contributed by atoms with E-state index in [-0.39, 0.29) is 0 Å². The Labute approximate surface area is 103 Å². The highest BCUT2D eigenvalue weighted by molar-refractivity contribution is 5.13. The first-order chi connectivity index (χ1) is 8.45. The zero-order chi connectivity index (χ0) is 11.8. The van der Waals surface area contributed by atoms with Crippen LogP contribution in [0, 0.1) is 0 Å². The molecule has 0 unspecified atom stereocenters. The van der Waals surface area contributed by atoms with Gasteiger partial charge in [0.05, 0.1) is 19.8 Å². The second-order valence-corrected chi connectivity index (χ2v) is 4.41. The molecule has 17 heavy (non-hydrogen) atoms. The maximum Gasteiger partial charge on any atom is 0.0716 e. The van der Waals surface area contributed by atoms with E-state index < -0.39 is 0 Å². The SMILES string of the molecule is c1ccc(COCCC[C@@H]2COCCN2)cc1. The molecule has 1 N–H and O–H groups in total. The van der Waals surface area contributed by atoms with Crippen molar-refractivity contribution in [2.75, 3.05) is 26.4 Å². The summed E-state index contributed by atoms with van der Waals surface area (Å²) >= 11 is 0. The number of ether oxygens (including phenoxy) is 2. The summed E-state index contributed by atoms with van der Waals surface area (Å²) in [6, 6.07) is 10.8. The van der Waals surface area contributed by atoms with Gasteiger partial charge in [0.15, 0.2) is 0 Å². The average molecular weight is 235 g/mol. The number of benzene rings is 1. The van der Waals surface area contributed by atoms with Gasteiger partial charge in [-0.1, -0.05) is 30.3 Å². The molecule has 1 saturated heterocycles. The molecule has 0 aromatic heterocycles. The van der Waals surface area contributed by atoms with Crippen LogP contribution in [0.2, 0.25) is 0 Å². The van der Waals surface area contributed by atoms with Crippen molar-refractivity contribution in [3.63, 3.8) is 0 Å². The molecule has 0 saturated carbocycles. The molecule has 3 heteroatoms. The van der Waals surface area contributed by atoms with Gasteiger partial charge in [0.2, 0.25) is 0 Å². The second-order valence-electron chi connectivity index (χ2n) is 4.41. The molecule has 0 radical (unpaired) electrons. The smallest absolute Gasteiger partial charge is 0.0716 e. The monoisotopic (exact) mass is 235 g/mol. The quantitative estimate of drug-likeness (QED) is 0.765. The molecular weight excluding hydrogens is 214 g/mol. The second kappa shape index (κ2) is 7.43. The molecule has 1 fully saturated rings. The highest BCUT2D eigenvalue weighted by atomic mass is 16.5. The summed E-state index contributed by atoms with van der Waals surface area (Å²) < 4.78 is 11.0. The molecule has 1 aliphatic heterocycles. The van der Waals surface area contributed by atoms with Crippen LogP contribution in [0.15, 0.2) is 30.3 Å². The molecule has 94 valence electrons. The number of rotatable bonds is 6. The third-order valence-electron chi connectivity index (χ3n) is 2.95. The fourth-order valence-electron chi connectivity index (χ4n) is 2.00. The van der Waals surface area contributed by atoms with E-state index in [9.17, 15) is 0 Å². The topological polar surface area (TPSA) is 30.5 Å². The first kappa shape index (κ1) is 12.6. The fraction of sp³-hybridized carbons (Fsp3) is 0.571. The predicted molar refractivity (Wildman–Crippen MR) is 67.9 cm³/mol. The van der Waals surface area contributed by atoms with Gasteiger partial charge in [-0.3, -0.25) is 0 Å². The lowest BCUT2D eigenvalue weighted by molar-refractivity contribution is 0.0656. The molecule has 0 bridgehead atoms. The van der Waals surface area contributed by atoms with E-state index in [0.29, 0.717) is 6.04 Å². The van der Waals surface area contributed by atoms with E-state index in [1.807, 2.05) is 18.2 Å². The Hall–Kier alpha value is -0.900. The van der Waals surface area contributed by atoms with Gasteiger partial charge in [-0.25, -0.2) is 0 Å². The molecule has 0 amide bonds. The van der Waals surface area contributed by atoms with Crippen molar-refractivity contribution in [3.8, 4) is 0 Å². The maximum atomic E-state index is 5.64. The van der Waals surface area contributed by atoms with Crippen LogP contribution in [0.25, 0.3) is 0 Å². The van der Waals surface area contributed by atoms with Crippen molar-refractivity contribution in [1.82, 2.24) is 5.32 Å². The average Bonchev–Trinajstić information content (AvgIpc) is 2.41. The molecule has 1 aromatic rings. The Balaban J connectivity index is 1.51. The summed E-state index contributed by atoms with van der Waals surface area (Å²) in [7, 11) is 0. The van der Waals surface area contributed by atoms with Gasteiger partial charge in [-0.05, 0) is 18.4 Å². The van der Waals surface area contributed by atoms with Crippen LogP contribution in [0.1, 0.15) is 18.4 Å². The van der Waals surface area contributed by atoms with Crippen LogP contribution in [0.5, 0.6) is 0 Å². The summed E-state index contributed by atoms with van der Waals surface area (Å²) in [6.07, 6.45) is 2.22. The zero-order valence-corrected chi connectivity index (χ0v) is 10.2. The van der Waals surface area contributed by atoms with Crippen LogP contribution in [0.3, 0.4) is 0 Å². The zero-order valence-electron chi connectivity index (χ0n) is 10.2. The van der Waals surface area contributed by atoms with Gasteiger partial charge in [0.25, 0.3) is 0 Å². The normalized spacial score (nSPS) is 20.4. The van der Waals surface area contributed by atoms with Crippen molar-refractivity contribution >= 4 is 0 Å². The third-order valence-corrected chi connectivity index (χ3v) is 2.95. The molecule has 1 heterocycles. The van der Waals surface area contributed by atoms with Crippen LogP contribution < -0.4 is 5.32 Å². The van der Waals surface area contributed by atoms with E-state index in [0.717, 1.165) is 45.8 Å². The molecule has 2 rings (SSSR count). The van der Waals surface area contributed by atoms with Gasteiger partial charge < -0.3 is 14.8 Å². The molecule has 0 aliphatic carbocycles. The van der Waals surface area contributed by atoms with Crippen LogP contribution in [-0.4, -0.2) is 32.4 Å². The van der Waals surface area contributed by atoms with Crippen LogP contribution >= 0.6 is 0 Å². The lowest BCUT2D eigenvalue weighted by Crippen LogP contribution is -2.41. The lowest BCUT2D eigenvalue weighted by atomic mass is 10.1. The molecule has 1 atom stereocenters. The van der Waals surface area contributed by atoms with Crippen molar-refractivity contribution in [3.05, 3.63) is 35.9 Å². The first-order valence-electron chi connectivity index (χ1n) is 6.38. The van der Waals surface area contributed by atoms with Crippen molar-refractivity contribution in [2.24, 2.45) is 0 Å². The minimum Gasteiger partial charge on any atom is -0.379 e. The Kier molecular flexibility index (Phi) is 5.49. The van der Waals surface area contributed by atoms with Crippen LogP contribution in [-0.2, 0) is 16.1 Å². The van der Waals surface area contributed by atoms with Crippen molar-refractivity contribution in [2.45, 2.75) is 25.5 Å². The summed E-state index contributed by atoms with van der Waals surface area (Å²) in [6.45, 7) is 4.22. The molecule has 0 spiro atoms. The minimum absolute atomic E-state index is 0.518. The Morgan fingerprint density at radius 1 is 1.29 bits per heavy atom. The number of morpholine rings is 1. The largest absolute Gasteiger partial charge is 0.379 e. The van der Waals surface area contributed by atoms with E-state index in [4.69, 9.17) is 9.47 Å². The summed E-state index contributed by atoms with van der Waals surface area (Å²) in [4.78, 5) is 0. The van der Waals surface area contributed by atoms with E-state index in [1.54, 1.807) is 0 Å². The van der Waals surface area contributed by atoms with E-state index in [1.165, 1.54) is 5.56 Å². The Bertz CT molecular complexity index is 296. The van der Waals surface area contributed by atoms with Gasteiger partial charge in [0.1, 0.15) is 0 Å². The highest BCUT2D eigenvalue weighted by Crippen LogP contribution is 2.04. The van der Waals surface area contributed by atoms with Gasteiger partial charge in [-0.15, -0.1) is 0 Å². The van der Waals surface area contributed by atoms with Gasteiger partial charge >= 0.3 is 0 Å². The molecule has 1 aromatic carbocycles. The molecular formula is C14H21NO2. The van der Waals surface area contributed by atoms with E-state index >= 15 is 0 Å². The van der Waals surface area contributed by atoms with Gasteiger partial charge in [0, 0.05) is 19.2 Å². The Morgan fingerprint density at radius 3 is 2.94 bits per heavy atom. The van der Waals surface area contributed by atoms with Gasteiger partial charge in [-0.2, -0.15) is 0 Å². The summed E-state index contributed by atoms with van der Waals surface area (Å²) in [5.41, 5.74) is 1.24. The summed E-state index contributed by atoms with van der Waals surface area (Å²) in [5, 5.41) is 3.45. The predicted octanol–water partition coefficient (Wildman–Crippen LogP) is 1.97. The molecule has 1 aliphatic rings. The minimum atomic E-state index is 0.518. The van der Waals surface area contributed by atoms with E-state index in [2.05, 4.69) is 17.4 Å². The molecule has 3 nitrogen and oxygen atoms in total. The summed E-state index contributed by atoms with van der Waals surface area (Å²) in [5.74, 6) is 0. The third kappa shape index (κ3) is 4.86. The Morgan fingerprint density at radius 2 is 2.18 bits per heavy atom. The number of nitrogens with one attached hydrogen (secondary N) is 1. The number of hydrogen-bond donors (Lipinski definition) is 1. The number of hydrogen-bond acceptors (Lipinski definition) is 3. The van der Waals surface area contributed by atoms with Crippen molar-refractivity contribution < 1.29 is 9.47 Å². The lowest BCUT2D eigenvalue weighted by Gasteiger charge is -2.23. The fourth-order valence-corrected chi connectivity index (χ4v) is 2.00. The maximum absolute atomic E-state index is 5.64. The standard InChI is InChI=1S/C14H21NO2/c1-2-5-13(6-3-1)11-16-9-4-7-14-12-17-10-8-15-14/h1-3,5-6,14-15H,4,7-12H2/t14-/m1/s1.